The SMILES string of the molecule is C=C1CCC2(CCN(C(=O)c3nc(-c4ccc(C#N)c(F)c4)n(-c4ccc5nn(C)cc5c4)c3C)C2)C1. The third-order valence-electron chi connectivity index (χ3n) is 7.88. The summed E-state index contributed by atoms with van der Waals surface area (Å²) >= 11 is 0. The molecule has 37 heavy (non-hydrogen) atoms. The molecule has 6 rings (SSSR count). The predicted octanol–water partition coefficient (Wildman–Crippen LogP) is 5.32. The molecule has 1 atom stereocenters. The number of hydrogen-bond donors (Lipinski definition) is 0. The Kier molecular flexibility index (Phi) is 5.27. The van der Waals surface area contributed by atoms with Gasteiger partial charge in [-0.25, -0.2) is 9.37 Å². The number of carbonyl (C=O) groups excluding carboxylic acids is 1. The normalized spacial score (nSPS) is 19.3. The maximum Gasteiger partial charge on any atom is 0.274 e. The van der Waals surface area contributed by atoms with Crippen LogP contribution in [0.15, 0.2) is 54.7 Å². The number of fused-ring (bicyclic) bond motifs is 1. The average Bonchev–Trinajstić information content (AvgIpc) is 3.64. The lowest BCUT2D eigenvalue weighted by atomic mass is 9.85. The minimum absolute atomic E-state index is 0.0350. The van der Waals surface area contributed by atoms with Gasteiger partial charge in [0.1, 0.15) is 23.4 Å². The summed E-state index contributed by atoms with van der Waals surface area (Å²) < 4.78 is 18.3. The molecule has 0 bridgehead atoms. The fourth-order valence-electron chi connectivity index (χ4n) is 5.99. The van der Waals surface area contributed by atoms with Crippen molar-refractivity contribution in [2.75, 3.05) is 13.1 Å². The molecule has 2 aromatic heterocycles. The standard InChI is InChI=1S/C29H27FN6O/c1-18-8-9-29(14-18)10-11-35(17-29)28(37)26-19(2)36(23-6-7-25-22(12-23)16-34(3)33-25)27(32-26)20-4-5-21(15-31)24(30)13-20/h4-7,12-13,16H,1,8-11,14,17H2,2-3H3. The second kappa shape index (κ2) is 8.41. The van der Waals surface area contributed by atoms with Crippen LogP contribution in [0.3, 0.4) is 0 Å². The summed E-state index contributed by atoms with van der Waals surface area (Å²) in [4.78, 5) is 20.5. The van der Waals surface area contributed by atoms with Gasteiger partial charge >= 0.3 is 0 Å². The first kappa shape index (κ1) is 23.2. The van der Waals surface area contributed by atoms with Gasteiger partial charge in [-0.05, 0) is 74.4 Å². The molecule has 2 fully saturated rings. The van der Waals surface area contributed by atoms with Gasteiger partial charge in [0.2, 0.25) is 0 Å². The molecule has 1 amide bonds. The molecular formula is C29H27FN6O. The van der Waals surface area contributed by atoms with Crippen molar-refractivity contribution in [2.24, 2.45) is 12.5 Å². The number of rotatable bonds is 3. The smallest absolute Gasteiger partial charge is 0.274 e. The summed E-state index contributed by atoms with van der Waals surface area (Å²) in [6.45, 7) is 7.44. The van der Waals surface area contributed by atoms with E-state index in [2.05, 4.69) is 11.7 Å². The summed E-state index contributed by atoms with van der Waals surface area (Å²) in [5.41, 5.74) is 4.56. The molecule has 8 heteroatoms. The number of amides is 1. The Bertz CT molecular complexity index is 1640. The van der Waals surface area contributed by atoms with Gasteiger partial charge in [0.15, 0.2) is 0 Å². The first-order valence-electron chi connectivity index (χ1n) is 12.5. The Hall–Kier alpha value is -4.25. The third kappa shape index (κ3) is 3.82. The zero-order valence-electron chi connectivity index (χ0n) is 21.0. The molecule has 186 valence electrons. The number of hydrogen-bond acceptors (Lipinski definition) is 4. The predicted molar refractivity (Wildman–Crippen MR) is 139 cm³/mol. The van der Waals surface area contributed by atoms with Crippen molar-refractivity contribution in [2.45, 2.75) is 32.6 Å². The first-order valence-corrected chi connectivity index (χ1v) is 12.5. The topological polar surface area (TPSA) is 79.7 Å². The van der Waals surface area contributed by atoms with E-state index in [4.69, 9.17) is 4.98 Å². The Morgan fingerprint density at radius 1 is 1.22 bits per heavy atom. The number of carbonyl (C=O) groups is 1. The molecule has 1 spiro atoms. The number of nitriles is 1. The molecule has 2 aliphatic rings. The van der Waals surface area contributed by atoms with Crippen molar-refractivity contribution in [3.05, 3.63) is 77.5 Å². The highest BCUT2D eigenvalue weighted by molar-refractivity contribution is 5.95. The fraction of sp³-hybridized carbons (Fsp3) is 0.310. The molecule has 2 aromatic carbocycles. The fourth-order valence-corrected chi connectivity index (χ4v) is 5.99. The number of aromatic nitrogens is 4. The minimum atomic E-state index is -0.620. The zero-order valence-corrected chi connectivity index (χ0v) is 21.0. The van der Waals surface area contributed by atoms with Gasteiger partial charge in [-0.15, -0.1) is 0 Å². The van der Waals surface area contributed by atoms with Crippen LogP contribution in [-0.2, 0) is 7.05 Å². The zero-order chi connectivity index (χ0) is 25.9. The van der Waals surface area contributed by atoms with Crippen LogP contribution in [0.5, 0.6) is 0 Å². The summed E-state index contributed by atoms with van der Waals surface area (Å²) in [5.74, 6) is -0.273. The van der Waals surface area contributed by atoms with Crippen molar-refractivity contribution in [1.82, 2.24) is 24.2 Å². The molecule has 1 saturated heterocycles. The van der Waals surface area contributed by atoms with E-state index < -0.39 is 5.82 Å². The second-order valence-corrected chi connectivity index (χ2v) is 10.5. The van der Waals surface area contributed by atoms with Crippen LogP contribution in [-0.4, -0.2) is 43.2 Å². The van der Waals surface area contributed by atoms with Crippen LogP contribution >= 0.6 is 0 Å². The van der Waals surface area contributed by atoms with Crippen LogP contribution < -0.4 is 0 Å². The van der Waals surface area contributed by atoms with Gasteiger partial charge in [-0.3, -0.25) is 14.0 Å². The van der Waals surface area contributed by atoms with Gasteiger partial charge in [0.05, 0.1) is 16.8 Å². The van der Waals surface area contributed by atoms with E-state index in [-0.39, 0.29) is 16.9 Å². The van der Waals surface area contributed by atoms with Gasteiger partial charge in [0, 0.05) is 43.0 Å². The van der Waals surface area contributed by atoms with E-state index in [1.54, 1.807) is 10.7 Å². The maximum absolute atomic E-state index is 14.6. The maximum atomic E-state index is 14.6. The number of allylic oxidation sites excluding steroid dienone is 1. The van der Waals surface area contributed by atoms with Crippen molar-refractivity contribution in [3.8, 4) is 23.1 Å². The summed E-state index contributed by atoms with van der Waals surface area (Å²) in [7, 11) is 1.87. The highest BCUT2D eigenvalue weighted by Gasteiger charge is 2.43. The average molecular weight is 495 g/mol. The first-order chi connectivity index (χ1) is 17.8. The number of halogens is 1. The Morgan fingerprint density at radius 3 is 2.78 bits per heavy atom. The van der Waals surface area contributed by atoms with Crippen LogP contribution in [0.4, 0.5) is 4.39 Å². The van der Waals surface area contributed by atoms with Crippen molar-refractivity contribution in [1.29, 1.82) is 5.26 Å². The number of likely N-dealkylation sites (tertiary alicyclic amines) is 1. The Morgan fingerprint density at radius 2 is 2.05 bits per heavy atom. The quantitative estimate of drug-likeness (QED) is 0.361. The molecule has 0 N–H and O–H groups in total. The van der Waals surface area contributed by atoms with E-state index in [9.17, 15) is 14.4 Å². The van der Waals surface area contributed by atoms with Crippen LogP contribution in [0, 0.1) is 29.5 Å². The number of imidazole rings is 1. The Balaban J connectivity index is 1.46. The number of benzene rings is 2. The third-order valence-corrected chi connectivity index (χ3v) is 7.88. The van der Waals surface area contributed by atoms with Crippen molar-refractivity contribution < 1.29 is 9.18 Å². The number of aryl methyl sites for hydroxylation is 1. The number of nitrogens with zero attached hydrogens (tertiary/aromatic N) is 6. The monoisotopic (exact) mass is 494 g/mol. The van der Waals surface area contributed by atoms with E-state index >= 15 is 0 Å². The van der Waals surface area contributed by atoms with Crippen molar-refractivity contribution in [3.63, 3.8) is 0 Å². The van der Waals surface area contributed by atoms with E-state index in [1.807, 2.05) is 53.9 Å². The molecule has 4 aromatic rings. The molecule has 7 nitrogen and oxygen atoms in total. The summed E-state index contributed by atoms with van der Waals surface area (Å²) in [6, 6.07) is 12.1. The minimum Gasteiger partial charge on any atom is -0.337 e. The van der Waals surface area contributed by atoms with Crippen LogP contribution in [0.2, 0.25) is 0 Å². The van der Waals surface area contributed by atoms with Gasteiger partial charge in [-0.2, -0.15) is 10.4 Å². The van der Waals surface area contributed by atoms with Crippen LogP contribution in [0.1, 0.15) is 47.4 Å². The molecule has 3 heterocycles. The highest BCUT2D eigenvalue weighted by Crippen LogP contribution is 2.47. The lowest BCUT2D eigenvalue weighted by molar-refractivity contribution is 0.0767. The van der Waals surface area contributed by atoms with Crippen LogP contribution in [0.25, 0.3) is 28.0 Å². The lowest BCUT2D eigenvalue weighted by Gasteiger charge is -2.23. The van der Waals surface area contributed by atoms with E-state index in [0.717, 1.165) is 42.3 Å². The highest BCUT2D eigenvalue weighted by atomic mass is 19.1. The van der Waals surface area contributed by atoms with Gasteiger partial charge in [0.25, 0.3) is 5.91 Å². The molecular weight excluding hydrogens is 467 g/mol. The second-order valence-electron chi connectivity index (χ2n) is 10.5. The molecule has 1 saturated carbocycles. The summed E-state index contributed by atoms with van der Waals surface area (Å²) in [6.07, 6.45) is 5.98. The van der Waals surface area contributed by atoms with E-state index in [0.29, 0.717) is 35.9 Å². The Labute approximate surface area is 214 Å². The lowest BCUT2D eigenvalue weighted by Crippen LogP contribution is -2.32. The molecule has 1 aliphatic heterocycles. The largest absolute Gasteiger partial charge is 0.337 e. The molecule has 0 radical (unpaired) electrons. The van der Waals surface area contributed by atoms with E-state index in [1.165, 1.54) is 17.7 Å². The van der Waals surface area contributed by atoms with Gasteiger partial charge in [-0.1, -0.05) is 12.2 Å². The van der Waals surface area contributed by atoms with Crippen molar-refractivity contribution >= 4 is 16.8 Å². The molecule has 1 unspecified atom stereocenters. The van der Waals surface area contributed by atoms with Gasteiger partial charge < -0.3 is 4.90 Å². The molecule has 1 aliphatic carbocycles. The summed E-state index contributed by atoms with van der Waals surface area (Å²) in [5, 5.41) is 14.6.